The lowest BCUT2D eigenvalue weighted by atomic mass is 10.0. The Labute approximate surface area is 109 Å². The third kappa shape index (κ3) is 3.13. The molecule has 18 heavy (non-hydrogen) atoms. The lowest BCUT2D eigenvalue weighted by molar-refractivity contribution is 0.136. The van der Waals surface area contributed by atoms with E-state index in [4.69, 9.17) is 0 Å². The van der Waals surface area contributed by atoms with Gasteiger partial charge in [0.2, 0.25) is 0 Å². The minimum Gasteiger partial charge on any atom is -0.393 e. The summed E-state index contributed by atoms with van der Waals surface area (Å²) in [6.07, 6.45) is 3.80. The molecule has 2 rings (SSSR count). The number of nitrogens with one attached hydrogen (secondary N) is 1. The van der Waals surface area contributed by atoms with Crippen LogP contribution in [0.5, 0.6) is 0 Å². The molecule has 2 N–H and O–H groups in total. The summed E-state index contributed by atoms with van der Waals surface area (Å²) in [5, 5.41) is 12.9. The van der Waals surface area contributed by atoms with Gasteiger partial charge in [-0.05, 0) is 25.8 Å². The average Bonchev–Trinajstić information content (AvgIpc) is 2.86. The molecule has 1 aliphatic heterocycles. The molecule has 0 bridgehead atoms. The van der Waals surface area contributed by atoms with Crippen LogP contribution in [0.4, 0.5) is 11.5 Å². The lowest BCUT2D eigenvalue weighted by Gasteiger charge is -2.20. The molecule has 0 amide bonds. The van der Waals surface area contributed by atoms with Gasteiger partial charge < -0.3 is 15.3 Å². The molecule has 0 saturated carbocycles. The van der Waals surface area contributed by atoms with Crippen LogP contribution in [0.25, 0.3) is 0 Å². The van der Waals surface area contributed by atoms with Crippen molar-refractivity contribution in [1.29, 1.82) is 0 Å². The van der Waals surface area contributed by atoms with E-state index in [1.807, 2.05) is 19.2 Å². The largest absolute Gasteiger partial charge is 0.393 e. The number of hydrogen-bond donors (Lipinski definition) is 2. The zero-order valence-electron chi connectivity index (χ0n) is 11.3. The van der Waals surface area contributed by atoms with Crippen molar-refractivity contribution in [3.63, 3.8) is 0 Å². The van der Waals surface area contributed by atoms with E-state index in [1.54, 1.807) is 0 Å². The van der Waals surface area contributed by atoms with Gasteiger partial charge in [-0.3, -0.25) is 0 Å². The summed E-state index contributed by atoms with van der Waals surface area (Å²) in [5.41, 5.74) is 1.20. The smallest absolute Gasteiger partial charge is 0.127 e. The van der Waals surface area contributed by atoms with E-state index < -0.39 is 0 Å². The Morgan fingerprint density at radius 1 is 1.61 bits per heavy atom. The van der Waals surface area contributed by atoms with E-state index in [0.717, 1.165) is 38.3 Å². The number of anilines is 2. The normalized spacial score (nSPS) is 21.1. The van der Waals surface area contributed by atoms with Gasteiger partial charge in [-0.25, -0.2) is 4.98 Å². The zero-order valence-corrected chi connectivity index (χ0v) is 11.3. The van der Waals surface area contributed by atoms with Crippen molar-refractivity contribution in [2.24, 2.45) is 5.92 Å². The van der Waals surface area contributed by atoms with Gasteiger partial charge in [-0.2, -0.15) is 0 Å². The highest BCUT2D eigenvalue weighted by Crippen LogP contribution is 2.26. The maximum atomic E-state index is 9.64. The Hall–Kier alpha value is -1.29. The SMILES string of the molecule is CCCNc1cc(N2CCC(C(C)O)C2)ccn1. The monoisotopic (exact) mass is 249 g/mol. The van der Waals surface area contributed by atoms with Crippen LogP contribution in [0.3, 0.4) is 0 Å². The first-order valence-electron chi connectivity index (χ1n) is 6.83. The number of rotatable bonds is 5. The van der Waals surface area contributed by atoms with E-state index >= 15 is 0 Å². The fourth-order valence-corrected chi connectivity index (χ4v) is 2.38. The highest BCUT2D eigenvalue weighted by Gasteiger charge is 2.26. The summed E-state index contributed by atoms with van der Waals surface area (Å²) in [6.45, 7) is 6.94. The van der Waals surface area contributed by atoms with Gasteiger partial charge in [-0.15, -0.1) is 0 Å². The Bertz CT molecular complexity index is 381. The Kier molecular flexibility index (Phi) is 4.42. The third-order valence-corrected chi connectivity index (χ3v) is 3.57. The molecule has 2 unspecified atom stereocenters. The van der Waals surface area contributed by atoms with Gasteiger partial charge in [0.05, 0.1) is 6.10 Å². The summed E-state index contributed by atoms with van der Waals surface area (Å²) in [7, 11) is 0. The molecule has 1 saturated heterocycles. The highest BCUT2D eigenvalue weighted by atomic mass is 16.3. The maximum absolute atomic E-state index is 9.64. The van der Waals surface area contributed by atoms with E-state index in [-0.39, 0.29) is 6.10 Å². The van der Waals surface area contributed by atoms with Crippen molar-refractivity contribution in [3.05, 3.63) is 18.3 Å². The zero-order chi connectivity index (χ0) is 13.0. The summed E-state index contributed by atoms with van der Waals surface area (Å²) >= 11 is 0. The van der Waals surface area contributed by atoms with Gasteiger partial charge >= 0.3 is 0 Å². The summed E-state index contributed by atoms with van der Waals surface area (Å²) < 4.78 is 0. The van der Waals surface area contributed by atoms with Crippen molar-refractivity contribution >= 4 is 11.5 Å². The molecule has 100 valence electrons. The first-order valence-corrected chi connectivity index (χ1v) is 6.83. The standard InChI is InChI=1S/C14H23N3O/c1-3-6-15-14-9-13(4-7-16-14)17-8-5-12(10-17)11(2)18/h4,7,9,11-12,18H,3,5-6,8,10H2,1-2H3,(H,15,16). The average molecular weight is 249 g/mol. The third-order valence-electron chi connectivity index (χ3n) is 3.57. The molecule has 2 heterocycles. The molecule has 1 fully saturated rings. The molecule has 2 atom stereocenters. The Balaban J connectivity index is 2.01. The molecule has 4 heteroatoms. The molecular weight excluding hydrogens is 226 g/mol. The van der Waals surface area contributed by atoms with Crippen molar-refractivity contribution in [2.75, 3.05) is 29.9 Å². The molecule has 0 aromatic carbocycles. The summed E-state index contributed by atoms with van der Waals surface area (Å²) in [4.78, 5) is 6.64. The summed E-state index contributed by atoms with van der Waals surface area (Å²) in [6, 6.07) is 4.14. The van der Waals surface area contributed by atoms with Crippen LogP contribution in [0.2, 0.25) is 0 Å². The van der Waals surface area contributed by atoms with Crippen LogP contribution < -0.4 is 10.2 Å². The molecule has 0 radical (unpaired) electrons. The van der Waals surface area contributed by atoms with Gasteiger partial charge in [0.25, 0.3) is 0 Å². The van der Waals surface area contributed by atoms with Crippen molar-refractivity contribution in [3.8, 4) is 0 Å². The van der Waals surface area contributed by atoms with Crippen LogP contribution in [0.15, 0.2) is 18.3 Å². The molecule has 1 aromatic heterocycles. The van der Waals surface area contributed by atoms with E-state index in [0.29, 0.717) is 5.92 Å². The minimum atomic E-state index is -0.213. The van der Waals surface area contributed by atoms with Crippen molar-refractivity contribution in [1.82, 2.24) is 4.98 Å². The fourth-order valence-electron chi connectivity index (χ4n) is 2.38. The van der Waals surface area contributed by atoms with Crippen LogP contribution in [0, 0.1) is 5.92 Å². The van der Waals surface area contributed by atoms with Crippen LogP contribution in [-0.2, 0) is 0 Å². The first kappa shape index (κ1) is 13.1. The second-order valence-corrected chi connectivity index (χ2v) is 5.06. The van der Waals surface area contributed by atoms with E-state index in [2.05, 4.69) is 28.2 Å². The van der Waals surface area contributed by atoms with Crippen molar-refractivity contribution in [2.45, 2.75) is 32.8 Å². The molecule has 4 nitrogen and oxygen atoms in total. The molecule has 1 aromatic rings. The molecular formula is C14H23N3O. The number of aliphatic hydroxyl groups is 1. The van der Waals surface area contributed by atoms with E-state index in [9.17, 15) is 5.11 Å². The topological polar surface area (TPSA) is 48.4 Å². The molecule has 0 aliphatic carbocycles. The molecule has 0 spiro atoms. The number of aromatic nitrogens is 1. The van der Waals surface area contributed by atoms with Crippen molar-refractivity contribution < 1.29 is 5.11 Å². The second kappa shape index (κ2) is 6.05. The maximum Gasteiger partial charge on any atom is 0.127 e. The van der Waals surface area contributed by atoms with Gasteiger partial charge in [0, 0.05) is 43.5 Å². The second-order valence-electron chi connectivity index (χ2n) is 5.06. The van der Waals surface area contributed by atoms with Gasteiger partial charge in [-0.1, -0.05) is 6.92 Å². The number of hydrogen-bond acceptors (Lipinski definition) is 4. The predicted molar refractivity (Wildman–Crippen MR) is 75.0 cm³/mol. The Morgan fingerprint density at radius 2 is 2.44 bits per heavy atom. The minimum absolute atomic E-state index is 0.213. The van der Waals surface area contributed by atoms with Gasteiger partial charge in [0.15, 0.2) is 0 Å². The molecule has 1 aliphatic rings. The number of pyridine rings is 1. The first-order chi connectivity index (χ1) is 8.70. The summed E-state index contributed by atoms with van der Waals surface area (Å²) in [5.74, 6) is 1.33. The van der Waals surface area contributed by atoms with Crippen LogP contribution >= 0.6 is 0 Å². The number of nitrogens with zero attached hydrogens (tertiary/aromatic N) is 2. The predicted octanol–water partition coefficient (Wildman–Crippen LogP) is 2.11. The Morgan fingerprint density at radius 3 is 3.11 bits per heavy atom. The van der Waals surface area contributed by atoms with E-state index in [1.165, 1.54) is 5.69 Å². The van der Waals surface area contributed by atoms with Gasteiger partial charge in [0.1, 0.15) is 5.82 Å². The fraction of sp³-hybridized carbons (Fsp3) is 0.643. The number of aliphatic hydroxyl groups excluding tert-OH is 1. The van der Waals surface area contributed by atoms with Crippen LogP contribution in [-0.4, -0.2) is 35.8 Å². The highest BCUT2D eigenvalue weighted by molar-refractivity contribution is 5.54. The quantitative estimate of drug-likeness (QED) is 0.839. The van der Waals surface area contributed by atoms with Crippen LogP contribution in [0.1, 0.15) is 26.7 Å². The lowest BCUT2D eigenvalue weighted by Crippen LogP contribution is -2.24.